The summed E-state index contributed by atoms with van der Waals surface area (Å²) in [5.41, 5.74) is 0.636. The van der Waals surface area contributed by atoms with E-state index in [2.05, 4.69) is 4.90 Å². The summed E-state index contributed by atoms with van der Waals surface area (Å²) in [6.45, 7) is 3.63. The van der Waals surface area contributed by atoms with E-state index in [1.54, 1.807) is 24.3 Å². The number of halogens is 1. The van der Waals surface area contributed by atoms with E-state index in [0.717, 1.165) is 19.2 Å². The van der Waals surface area contributed by atoms with Crippen molar-refractivity contribution in [3.8, 4) is 5.75 Å². The third kappa shape index (κ3) is 4.24. The van der Waals surface area contributed by atoms with Gasteiger partial charge in [-0.25, -0.2) is 4.39 Å². The van der Waals surface area contributed by atoms with E-state index in [9.17, 15) is 19.1 Å². The average Bonchev–Trinajstić information content (AvgIpc) is 3.08. The maximum Gasteiger partial charge on any atom is 0.295 e. The van der Waals surface area contributed by atoms with E-state index in [1.807, 2.05) is 6.07 Å². The molecule has 1 atom stereocenters. The van der Waals surface area contributed by atoms with Gasteiger partial charge in [-0.3, -0.25) is 14.5 Å². The molecule has 0 aliphatic carbocycles. The molecule has 0 bridgehead atoms. The Morgan fingerprint density at radius 3 is 2.53 bits per heavy atom. The number of aliphatic hydroxyl groups is 1. The number of nitrogens with zero attached hydrogens (tertiary/aromatic N) is 2. The Bertz CT molecular complexity index is 1030. The van der Waals surface area contributed by atoms with E-state index < -0.39 is 29.3 Å². The first kappa shape index (κ1) is 22.0. The number of amides is 1. The van der Waals surface area contributed by atoms with Gasteiger partial charge in [-0.15, -0.1) is 0 Å². The van der Waals surface area contributed by atoms with Crippen molar-refractivity contribution in [3.63, 3.8) is 0 Å². The number of ketones is 1. The van der Waals surface area contributed by atoms with E-state index in [0.29, 0.717) is 31.9 Å². The molecule has 32 heavy (non-hydrogen) atoms. The van der Waals surface area contributed by atoms with Crippen molar-refractivity contribution in [1.29, 1.82) is 0 Å². The fourth-order valence-corrected chi connectivity index (χ4v) is 4.18. The highest BCUT2D eigenvalue weighted by molar-refractivity contribution is 6.46. The number of methoxy groups -OCH3 is 1. The van der Waals surface area contributed by atoms with Crippen molar-refractivity contribution >= 4 is 17.4 Å². The van der Waals surface area contributed by atoms with Crippen molar-refractivity contribution in [2.24, 2.45) is 0 Å². The highest BCUT2D eigenvalue weighted by Crippen LogP contribution is 2.40. The van der Waals surface area contributed by atoms with Crippen LogP contribution in [0.25, 0.3) is 5.76 Å². The molecule has 2 heterocycles. The monoisotopic (exact) mass is 440 g/mol. The van der Waals surface area contributed by atoms with E-state index in [1.165, 1.54) is 24.1 Å². The van der Waals surface area contributed by atoms with Gasteiger partial charge in [0.2, 0.25) is 0 Å². The van der Waals surface area contributed by atoms with Gasteiger partial charge >= 0.3 is 0 Å². The number of likely N-dealkylation sites (tertiary alicyclic amines) is 1. The first-order chi connectivity index (χ1) is 15.5. The van der Waals surface area contributed by atoms with Gasteiger partial charge in [0.25, 0.3) is 11.7 Å². The lowest BCUT2D eigenvalue weighted by molar-refractivity contribution is -0.140. The molecule has 1 amide bonds. The third-order valence-electron chi connectivity index (χ3n) is 5.83. The summed E-state index contributed by atoms with van der Waals surface area (Å²) >= 11 is 0. The predicted octanol–water partition coefficient (Wildman–Crippen LogP) is 2.59. The predicted molar refractivity (Wildman–Crippen MR) is 116 cm³/mol. The number of ether oxygens (including phenoxy) is 2. The molecule has 0 saturated carbocycles. The summed E-state index contributed by atoms with van der Waals surface area (Å²) in [6, 6.07) is 11.9. The van der Waals surface area contributed by atoms with Gasteiger partial charge in [-0.05, 0) is 23.8 Å². The largest absolute Gasteiger partial charge is 0.507 e. The minimum Gasteiger partial charge on any atom is -0.507 e. The Hall–Kier alpha value is -3.23. The molecule has 1 unspecified atom stereocenters. The number of hydrogen-bond donors (Lipinski definition) is 1. The molecule has 0 spiro atoms. The van der Waals surface area contributed by atoms with Crippen molar-refractivity contribution in [3.05, 3.63) is 71.0 Å². The molecule has 4 rings (SSSR count). The standard InChI is InChI=1S/C24H25FN2O5/c1-31-19-8-7-17(25)15-18(19)22(28)20-21(16-5-3-2-4-6-16)27(24(30)23(20)29)10-9-26-11-13-32-14-12-26/h2-8,15,21,28H,9-14H2,1H3/b22-20+. The molecule has 8 heteroatoms. The van der Waals surface area contributed by atoms with Gasteiger partial charge in [-0.1, -0.05) is 30.3 Å². The first-order valence-corrected chi connectivity index (χ1v) is 10.5. The Morgan fingerprint density at radius 1 is 1.12 bits per heavy atom. The van der Waals surface area contributed by atoms with Crippen LogP contribution in [-0.2, 0) is 14.3 Å². The van der Waals surface area contributed by atoms with Gasteiger partial charge in [-0.2, -0.15) is 0 Å². The summed E-state index contributed by atoms with van der Waals surface area (Å²) < 4.78 is 24.6. The zero-order valence-electron chi connectivity index (χ0n) is 17.8. The Balaban J connectivity index is 1.76. The number of Topliss-reactive ketones (excluding diaryl/α,β-unsaturated/α-hetero) is 1. The molecule has 2 aromatic carbocycles. The first-order valence-electron chi connectivity index (χ1n) is 10.5. The maximum absolute atomic E-state index is 14.0. The number of hydrogen-bond acceptors (Lipinski definition) is 6. The van der Waals surface area contributed by atoms with Gasteiger partial charge in [0.1, 0.15) is 17.3 Å². The van der Waals surface area contributed by atoms with Crippen molar-refractivity contribution in [1.82, 2.24) is 9.80 Å². The molecule has 2 fully saturated rings. The highest BCUT2D eigenvalue weighted by atomic mass is 19.1. The Labute approximate surface area is 185 Å². The lowest BCUT2D eigenvalue weighted by Crippen LogP contribution is -2.42. The highest BCUT2D eigenvalue weighted by Gasteiger charge is 2.46. The second-order valence-corrected chi connectivity index (χ2v) is 7.70. The van der Waals surface area contributed by atoms with E-state index in [-0.39, 0.29) is 16.9 Å². The van der Waals surface area contributed by atoms with Crippen LogP contribution in [0.3, 0.4) is 0 Å². The van der Waals surface area contributed by atoms with E-state index in [4.69, 9.17) is 9.47 Å². The smallest absolute Gasteiger partial charge is 0.295 e. The fraction of sp³-hybridized carbons (Fsp3) is 0.333. The number of morpholine rings is 1. The fourth-order valence-electron chi connectivity index (χ4n) is 4.18. The number of rotatable bonds is 6. The minimum absolute atomic E-state index is 0.0274. The van der Waals surface area contributed by atoms with Crippen LogP contribution in [0.5, 0.6) is 5.75 Å². The van der Waals surface area contributed by atoms with Crippen LogP contribution < -0.4 is 4.74 Å². The maximum atomic E-state index is 14.0. The third-order valence-corrected chi connectivity index (χ3v) is 5.83. The molecular formula is C24H25FN2O5. The van der Waals surface area contributed by atoms with Gasteiger partial charge in [0.05, 0.1) is 37.5 Å². The summed E-state index contributed by atoms with van der Waals surface area (Å²) in [5, 5.41) is 11.1. The zero-order valence-corrected chi connectivity index (χ0v) is 17.8. The molecule has 2 aromatic rings. The van der Waals surface area contributed by atoms with Crippen LogP contribution in [-0.4, -0.2) is 73.1 Å². The van der Waals surface area contributed by atoms with Gasteiger partial charge in [0.15, 0.2) is 0 Å². The van der Waals surface area contributed by atoms with Crippen LogP contribution in [0.1, 0.15) is 17.2 Å². The molecule has 0 aromatic heterocycles. The second kappa shape index (κ2) is 9.50. The lowest BCUT2D eigenvalue weighted by atomic mass is 9.95. The van der Waals surface area contributed by atoms with Gasteiger partial charge < -0.3 is 19.5 Å². The Kier molecular flexibility index (Phi) is 6.53. The van der Waals surface area contributed by atoms with Crippen LogP contribution in [0.2, 0.25) is 0 Å². The number of carbonyl (C=O) groups is 2. The molecule has 2 aliphatic heterocycles. The molecule has 2 saturated heterocycles. The summed E-state index contributed by atoms with van der Waals surface area (Å²) in [4.78, 5) is 29.7. The van der Waals surface area contributed by atoms with Crippen molar-refractivity contribution < 1.29 is 28.6 Å². The van der Waals surface area contributed by atoms with Crippen LogP contribution in [0, 0.1) is 5.82 Å². The quantitative estimate of drug-likeness (QED) is 0.423. The zero-order chi connectivity index (χ0) is 22.7. The molecule has 1 N–H and O–H groups in total. The van der Waals surface area contributed by atoms with Crippen LogP contribution in [0.15, 0.2) is 54.1 Å². The van der Waals surface area contributed by atoms with E-state index >= 15 is 0 Å². The number of benzene rings is 2. The second-order valence-electron chi connectivity index (χ2n) is 7.70. The summed E-state index contributed by atoms with van der Waals surface area (Å²) in [5.74, 6) is -2.34. The summed E-state index contributed by atoms with van der Waals surface area (Å²) in [7, 11) is 1.39. The summed E-state index contributed by atoms with van der Waals surface area (Å²) in [6.07, 6.45) is 0. The molecule has 168 valence electrons. The molecule has 7 nitrogen and oxygen atoms in total. The number of aliphatic hydroxyl groups excluding tert-OH is 1. The molecule has 0 radical (unpaired) electrons. The minimum atomic E-state index is -0.801. The lowest BCUT2D eigenvalue weighted by Gasteiger charge is -2.31. The Morgan fingerprint density at radius 2 is 1.84 bits per heavy atom. The SMILES string of the molecule is COc1ccc(F)cc1/C(O)=C1\C(=O)C(=O)N(CCN2CCOCC2)C1c1ccccc1. The van der Waals surface area contributed by atoms with Crippen molar-refractivity contribution in [2.45, 2.75) is 6.04 Å². The van der Waals surface area contributed by atoms with Crippen LogP contribution in [0.4, 0.5) is 4.39 Å². The van der Waals surface area contributed by atoms with Crippen LogP contribution >= 0.6 is 0 Å². The molecular weight excluding hydrogens is 415 g/mol. The van der Waals surface area contributed by atoms with Gasteiger partial charge in [0, 0.05) is 26.2 Å². The normalized spacial score (nSPS) is 21.2. The molecule has 2 aliphatic rings. The number of carbonyl (C=O) groups excluding carboxylic acids is 2. The van der Waals surface area contributed by atoms with Crippen molar-refractivity contribution in [2.75, 3.05) is 46.5 Å². The topological polar surface area (TPSA) is 79.3 Å². The average molecular weight is 440 g/mol.